The highest BCUT2D eigenvalue weighted by Gasteiger charge is 2.48. The molecule has 12 heteroatoms. The van der Waals surface area contributed by atoms with E-state index in [9.17, 15) is 40.7 Å². The molecule has 0 aromatic heterocycles. The van der Waals surface area contributed by atoms with Crippen molar-refractivity contribution in [2.45, 2.75) is 39.0 Å². The number of carbonyl (C=O) groups excluding carboxylic acids is 3. The number of allylic oxidation sites excluding steroid dienone is 2. The van der Waals surface area contributed by atoms with Crippen molar-refractivity contribution in [2.75, 3.05) is 13.2 Å². The first-order valence-corrected chi connectivity index (χ1v) is 10.0. The Hall–Kier alpha value is -3.31. The summed E-state index contributed by atoms with van der Waals surface area (Å²) in [5, 5.41) is 2.39. The van der Waals surface area contributed by atoms with E-state index in [0.717, 1.165) is 12.1 Å². The molecule has 1 N–H and O–H groups in total. The molecule has 6 nitrogen and oxygen atoms in total. The van der Waals surface area contributed by atoms with Crippen LogP contribution in [0.3, 0.4) is 0 Å². The molecule has 1 aliphatic heterocycles. The Labute approximate surface area is 190 Å². The first kappa shape index (κ1) is 26.9. The predicted molar refractivity (Wildman–Crippen MR) is 106 cm³/mol. The highest BCUT2D eigenvalue weighted by molar-refractivity contribution is 5.98. The van der Waals surface area contributed by atoms with Crippen molar-refractivity contribution in [1.29, 1.82) is 0 Å². The van der Waals surface area contributed by atoms with Gasteiger partial charge in [-0.1, -0.05) is 18.2 Å². The molecule has 0 saturated carbocycles. The van der Waals surface area contributed by atoms with Gasteiger partial charge in [0.25, 0.3) is 5.78 Å². The Morgan fingerprint density at radius 2 is 1.59 bits per heavy atom. The van der Waals surface area contributed by atoms with E-state index in [-0.39, 0.29) is 25.0 Å². The summed E-state index contributed by atoms with van der Waals surface area (Å²) in [5.74, 6) is -8.32. The van der Waals surface area contributed by atoms with E-state index in [2.05, 4.69) is 5.32 Å². The lowest BCUT2D eigenvalue weighted by Crippen LogP contribution is -2.41. The van der Waals surface area contributed by atoms with Crippen molar-refractivity contribution in [3.63, 3.8) is 0 Å². The van der Waals surface area contributed by atoms with E-state index in [1.807, 2.05) is 0 Å². The number of ketones is 1. The summed E-state index contributed by atoms with van der Waals surface area (Å²) in [5.41, 5.74) is -3.03. The van der Waals surface area contributed by atoms with Gasteiger partial charge in [0.15, 0.2) is 0 Å². The van der Waals surface area contributed by atoms with Crippen LogP contribution in [0.1, 0.15) is 37.8 Å². The highest BCUT2D eigenvalue weighted by Crippen LogP contribution is 2.46. The summed E-state index contributed by atoms with van der Waals surface area (Å²) in [7, 11) is 0. The molecule has 34 heavy (non-hydrogen) atoms. The van der Waals surface area contributed by atoms with Crippen LogP contribution in [0, 0.1) is 5.92 Å². The van der Waals surface area contributed by atoms with Crippen LogP contribution in [-0.4, -0.2) is 37.1 Å². The van der Waals surface area contributed by atoms with Crippen molar-refractivity contribution < 1.29 is 50.2 Å². The largest absolute Gasteiger partial charge is 0.465 e. The van der Waals surface area contributed by atoms with Gasteiger partial charge in [-0.2, -0.15) is 26.3 Å². The summed E-state index contributed by atoms with van der Waals surface area (Å²) in [6.45, 7) is 3.61. The molecule has 0 bridgehead atoms. The van der Waals surface area contributed by atoms with Gasteiger partial charge in [-0.25, -0.2) is 4.79 Å². The number of benzene rings is 1. The lowest BCUT2D eigenvalue weighted by molar-refractivity contribution is -0.165. The van der Waals surface area contributed by atoms with Crippen molar-refractivity contribution in [3.8, 4) is 0 Å². The fourth-order valence-electron chi connectivity index (χ4n) is 3.64. The number of rotatable bonds is 6. The average molecular weight is 493 g/mol. The van der Waals surface area contributed by atoms with Crippen molar-refractivity contribution in [3.05, 3.63) is 58.4 Å². The van der Waals surface area contributed by atoms with Gasteiger partial charge in [-0.15, -0.1) is 0 Å². The topological polar surface area (TPSA) is 81.7 Å². The van der Waals surface area contributed by atoms with Crippen LogP contribution in [0.15, 0.2) is 47.3 Å². The van der Waals surface area contributed by atoms with Crippen LogP contribution in [0.25, 0.3) is 0 Å². The zero-order valence-electron chi connectivity index (χ0n) is 18.3. The van der Waals surface area contributed by atoms with Gasteiger partial charge in [0.2, 0.25) is 0 Å². The molecular formula is C22H21F6NO5. The molecule has 0 fully saturated rings. The molecule has 1 aromatic rings. The van der Waals surface area contributed by atoms with E-state index >= 15 is 0 Å². The van der Waals surface area contributed by atoms with Gasteiger partial charge < -0.3 is 14.8 Å². The van der Waals surface area contributed by atoms with Crippen molar-refractivity contribution in [1.82, 2.24) is 5.32 Å². The second kappa shape index (κ2) is 10.3. The quantitative estimate of drug-likeness (QED) is 0.359. The molecule has 1 aliphatic rings. The SMILES string of the molecule is CCOC(=O)C1=C(C)N/C(=C\C(=O)C(F)(F)F)[C@@H](C(=O)OCC)[C@@H]1c1ccccc1C(F)(F)F. The summed E-state index contributed by atoms with van der Waals surface area (Å²) in [6, 6.07) is 4.01. The first-order chi connectivity index (χ1) is 15.7. The number of carbonyl (C=O) groups is 3. The van der Waals surface area contributed by atoms with Crippen LogP contribution in [0.2, 0.25) is 0 Å². The minimum absolute atomic E-state index is 0.0796. The number of hydrogen-bond donors (Lipinski definition) is 1. The van der Waals surface area contributed by atoms with Crippen LogP contribution in [0.5, 0.6) is 0 Å². The Morgan fingerprint density at radius 3 is 2.12 bits per heavy atom. The highest BCUT2D eigenvalue weighted by atomic mass is 19.4. The summed E-state index contributed by atoms with van der Waals surface area (Å²) >= 11 is 0. The Balaban J connectivity index is 2.91. The van der Waals surface area contributed by atoms with Crippen LogP contribution < -0.4 is 5.32 Å². The number of ether oxygens (including phenoxy) is 2. The Bertz CT molecular complexity index is 1030. The van der Waals surface area contributed by atoms with Crippen molar-refractivity contribution in [2.24, 2.45) is 5.92 Å². The Kier molecular flexibility index (Phi) is 8.17. The molecule has 0 saturated heterocycles. The van der Waals surface area contributed by atoms with Crippen LogP contribution in [0.4, 0.5) is 26.3 Å². The maximum atomic E-state index is 13.8. The van der Waals surface area contributed by atoms with Gasteiger partial charge in [0.1, 0.15) is 5.92 Å². The lowest BCUT2D eigenvalue weighted by Gasteiger charge is -2.36. The molecule has 2 rings (SSSR count). The molecule has 0 spiro atoms. The fourth-order valence-corrected chi connectivity index (χ4v) is 3.64. The normalized spacial score (nSPS) is 20.1. The monoisotopic (exact) mass is 493 g/mol. The summed E-state index contributed by atoms with van der Waals surface area (Å²) < 4.78 is 90.2. The van der Waals surface area contributed by atoms with E-state index in [4.69, 9.17) is 9.47 Å². The zero-order chi connectivity index (χ0) is 25.8. The molecular weight excluding hydrogens is 472 g/mol. The first-order valence-electron chi connectivity index (χ1n) is 10.0. The molecule has 0 unspecified atom stereocenters. The zero-order valence-corrected chi connectivity index (χ0v) is 18.3. The molecule has 0 radical (unpaired) electrons. The van der Waals surface area contributed by atoms with Gasteiger partial charge in [-0.05, 0) is 32.4 Å². The molecule has 186 valence electrons. The maximum absolute atomic E-state index is 13.8. The third kappa shape index (κ3) is 5.78. The van der Waals surface area contributed by atoms with Crippen LogP contribution >= 0.6 is 0 Å². The number of nitrogens with one attached hydrogen (secondary N) is 1. The molecule has 0 aliphatic carbocycles. The second-order valence-corrected chi connectivity index (χ2v) is 7.14. The predicted octanol–water partition coefficient (Wildman–Crippen LogP) is 4.42. The number of esters is 2. The standard InChI is InChI=1S/C22H21F6NO5/c1-4-33-19(31)16-11(3)29-14(10-15(30)22(26,27)28)18(20(32)34-5-2)17(16)12-8-6-7-9-13(12)21(23,24)25/h6-10,17-18,29H,4-5H2,1-3H3/b14-10-/t17-,18-/m1/s1. The fraction of sp³-hybridized carbons (Fsp3) is 0.409. The van der Waals surface area contributed by atoms with Crippen LogP contribution in [-0.2, 0) is 30.0 Å². The minimum atomic E-state index is -5.31. The molecule has 1 aromatic carbocycles. The third-order valence-corrected chi connectivity index (χ3v) is 4.92. The van der Waals surface area contributed by atoms with E-state index in [0.29, 0.717) is 6.07 Å². The smallest absolute Gasteiger partial charge is 0.454 e. The number of halogens is 6. The second-order valence-electron chi connectivity index (χ2n) is 7.14. The molecule has 0 amide bonds. The number of hydrogen-bond acceptors (Lipinski definition) is 6. The van der Waals surface area contributed by atoms with E-state index < -0.39 is 64.3 Å². The molecule has 2 atom stereocenters. The van der Waals surface area contributed by atoms with Crippen molar-refractivity contribution >= 4 is 17.7 Å². The van der Waals surface area contributed by atoms with Gasteiger partial charge in [-0.3, -0.25) is 9.59 Å². The maximum Gasteiger partial charge on any atom is 0.454 e. The minimum Gasteiger partial charge on any atom is -0.465 e. The Morgan fingerprint density at radius 1 is 1.00 bits per heavy atom. The summed E-state index contributed by atoms with van der Waals surface area (Å²) in [6.07, 6.45) is -10.2. The van der Waals surface area contributed by atoms with Gasteiger partial charge in [0, 0.05) is 23.4 Å². The summed E-state index contributed by atoms with van der Waals surface area (Å²) in [4.78, 5) is 37.3. The average Bonchev–Trinajstić information content (AvgIpc) is 2.72. The van der Waals surface area contributed by atoms with Gasteiger partial charge >= 0.3 is 24.3 Å². The lowest BCUT2D eigenvalue weighted by atomic mass is 9.73. The third-order valence-electron chi connectivity index (χ3n) is 4.92. The van der Waals surface area contributed by atoms with E-state index in [1.54, 1.807) is 0 Å². The molecule has 1 heterocycles. The van der Waals surface area contributed by atoms with Gasteiger partial charge in [0.05, 0.1) is 24.4 Å². The van der Waals surface area contributed by atoms with E-state index in [1.165, 1.54) is 26.8 Å². The number of alkyl halides is 6.